The third-order valence-corrected chi connectivity index (χ3v) is 3.66. The zero-order valence-electron chi connectivity index (χ0n) is 12.4. The number of carbonyl (C=O) groups excluding carboxylic acids is 2. The second-order valence-electron chi connectivity index (χ2n) is 5.01. The lowest BCUT2D eigenvalue weighted by Crippen LogP contribution is -2.26. The van der Waals surface area contributed by atoms with Crippen molar-refractivity contribution in [3.8, 4) is 0 Å². The summed E-state index contributed by atoms with van der Waals surface area (Å²) in [7, 11) is 0. The minimum Gasteiger partial charge on any atom is -0.346 e. The van der Waals surface area contributed by atoms with Crippen molar-refractivity contribution >= 4 is 33.4 Å². The van der Waals surface area contributed by atoms with Crippen LogP contribution in [-0.2, 0) is 4.79 Å². The zero-order valence-corrected chi connectivity index (χ0v) is 14.0. The SMILES string of the molecule is CC(=O)Nc1ccc(C(=O)N[C@H](C)c2cccc(Br)c2)cc1. The summed E-state index contributed by atoms with van der Waals surface area (Å²) < 4.78 is 0.978. The monoisotopic (exact) mass is 360 g/mol. The topological polar surface area (TPSA) is 58.2 Å². The molecule has 2 amide bonds. The maximum atomic E-state index is 12.2. The minimum absolute atomic E-state index is 0.0972. The molecule has 2 N–H and O–H groups in total. The van der Waals surface area contributed by atoms with Gasteiger partial charge in [0.2, 0.25) is 5.91 Å². The molecule has 0 radical (unpaired) electrons. The van der Waals surface area contributed by atoms with E-state index in [0.29, 0.717) is 11.3 Å². The third kappa shape index (κ3) is 4.43. The summed E-state index contributed by atoms with van der Waals surface area (Å²) >= 11 is 3.42. The van der Waals surface area contributed by atoms with Crippen LogP contribution in [0, 0.1) is 0 Å². The van der Waals surface area contributed by atoms with E-state index in [-0.39, 0.29) is 17.9 Å². The van der Waals surface area contributed by atoms with Crippen LogP contribution in [-0.4, -0.2) is 11.8 Å². The van der Waals surface area contributed by atoms with E-state index in [2.05, 4.69) is 26.6 Å². The molecule has 5 heteroatoms. The average molecular weight is 361 g/mol. The van der Waals surface area contributed by atoms with E-state index in [9.17, 15) is 9.59 Å². The van der Waals surface area contributed by atoms with Gasteiger partial charge < -0.3 is 10.6 Å². The van der Waals surface area contributed by atoms with E-state index in [4.69, 9.17) is 0 Å². The molecule has 1 atom stereocenters. The van der Waals surface area contributed by atoms with Crippen LogP contribution >= 0.6 is 15.9 Å². The molecule has 0 aromatic heterocycles. The van der Waals surface area contributed by atoms with Crippen molar-refractivity contribution in [2.75, 3.05) is 5.32 Å². The van der Waals surface area contributed by atoms with Gasteiger partial charge in [-0.05, 0) is 48.9 Å². The summed E-state index contributed by atoms with van der Waals surface area (Å²) in [6, 6.07) is 14.5. The maximum Gasteiger partial charge on any atom is 0.251 e. The molecule has 4 nitrogen and oxygen atoms in total. The van der Waals surface area contributed by atoms with Crippen LogP contribution < -0.4 is 10.6 Å². The molecule has 0 spiro atoms. The molecule has 0 aliphatic rings. The standard InChI is InChI=1S/C17H17BrN2O2/c1-11(14-4-3-5-15(18)10-14)19-17(22)13-6-8-16(9-7-13)20-12(2)21/h3-11H,1-2H3,(H,19,22)(H,20,21)/t11-/m1/s1. The van der Waals surface area contributed by atoms with Crippen LogP contribution in [0.2, 0.25) is 0 Å². The summed E-state index contributed by atoms with van der Waals surface area (Å²) in [6.45, 7) is 3.38. The van der Waals surface area contributed by atoms with E-state index in [0.717, 1.165) is 10.0 Å². The molecule has 2 aromatic rings. The lowest BCUT2D eigenvalue weighted by atomic mass is 10.1. The van der Waals surface area contributed by atoms with Crippen LogP contribution in [0.4, 0.5) is 5.69 Å². The number of hydrogen-bond acceptors (Lipinski definition) is 2. The first-order valence-electron chi connectivity index (χ1n) is 6.89. The second kappa shape index (κ2) is 7.22. The van der Waals surface area contributed by atoms with Crippen molar-refractivity contribution in [1.82, 2.24) is 5.32 Å². The molecule has 2 aromatic carbocycles. The molecular weight excluding hydrogens is 344 g/mol. The Kier molecular flexibility index (Phi) is 5.33. The highest BCUT2D eigenvalue weighted by Gasteiger charge is 2.11. The van der Waals surface area contributed by atoms with Gasteiger partial charge in [0, 0.05) is 22.6 Å². The number of rotatable bonds is 4. The van der Waals surface area contributed by atoms with Crippen molar-refractivity contribution in [2.45, 2.75) is 19.9 Å². The molecule has 0 aliphatic heterocycles. The number of carbonyl (C=O) groups is 2. The van der Waals surface area contributed by atoms with E-state index in [1.165, 1.54) is 6.92 Å². The Balaban J connectivity index is 2.04. The van der Waals surface area contributed by atoms with E-state index in [1.54, 1.807) is 24.3 Å². The third-order valence-electron chi connectivity index (χ3n) is 3.16. The van der Waals surface area contributed by atoms with Gasteiger partial charge in [-0.1, -0.05) is 28.1 Å². The summed E-state index contributed by atoms with van der Waals surface area (Å²) in [4.78, 5) is 23.2. The largest absolute Gasteiger partial charge is 0.346 e. The Bertz CT molecular complexity index is 683. The van der Waals surface area contributed by atoms with E-state index >= 15 is 0 Å². The predicted molar refractivity (Wildman–Crippen MR) is 90.8 cm³/mol. The molecule has 114 valence electrons. The number of nitrogens with one attached hydrogen (secondary N) is 2. The number of halogens is 1. The smallest absolute Gasteiger partial charge is 0.251 e. The molecular formula is C17H17BrN2O2. The highest BCUT2D eigenvalue weighted by molar-refractivity contribution is 9.10. The Morgan fingerprint density at radius 2 is 1.77 bits per heavy atom. The highest BCUT2D eigenvalue weighted by Crippen LogP contribution is 2.18. The zero-order chi connectivity index (χ0) is 16.1. The molecule has 0 unspecified atom stereocenters. The van der Waals surface area contributed by atoms with Crippen LogP contribution in [0.5, 0.6) is 0 Å². The highest BCUT2D eigenvalue weighted by atomic mass is 79.9. The van der Waals surface area contributed by atoms with Crippen molar-refractivity contribution < 1.29 is 9.59 Å². The maximum absolute atomic E-state index is 12.2. The van der Waals surface area contributed by atoms with Crippen LogP contribution in [0.25, 0.3) is 0 Å². The predicted octanol–water partition coefficient (Wildman–Crippen LogP) is 3.90. The first kappa shape index (κ1) is 16.2. The molecule has 2 rings (SSSR count). The lowest BCUT2D eigenvalue weighted by Gasteiger charge is -2.15. The number of hydrogen-bond donors (Lipinski definition) is 2. The van der Waals surface area contributed by atoms with Crippen LogP contribution in [0.3, 0.4) is 0 Å². The number of benzene rings is 2. The van der Waals surface area contributed by atoms with Gasteiger partial charge >= 0.3 is 0 Å². The minimum atomic E-state index is -0.151. The van der Waals surface area contributed by atoms with E-state index < -0.39 is 0 Å². The molecule has 0 saturated heterocycles. The van der Waals surface area contributed by atoms with Crippen molar-refractivity contribution in [3.63, 3.8) is 0 Å². The van der Waals surface area contributed by atoms with E-state index in [1.807, 2.05) is 31.2 Å². The van der Waals surface area contributed by atoms with Crippen LogP contribution in [0.1, 0.15) is 35.8 Å². The van der Waals surface area contributed by atoms with Crippen molar-refractivity contribution in [2.24, 2.45) is 0 Å². The first-order chi connectivity index (χ1) is 10.5. The number of amides is 2. The normalized spacial score (nSPS) is 11.6. The lowest BCUT2D eigenvalue weighted by molar-refractivity contribution is -0.114. The second-order valence-corrected chi connectivity index (χ2v) is 5.92. The summed E-state index contributed by atoms with van der Waals surface area (Å²) in [5.41, 5.74) is 2.25. The fourth-order valence-corrected chi connectivity index (χ4v) is 2.46. The summed E-state index contributed by atoms with van der Waals surface area (Å²) in [5.74, 6) is -0.290. The van der Waals surface area contributed by atoms with Crippen LogP contribution in [0.15, 0.2) is 53.0 Å². The molecule has 0 saturated carbocycles. The summed E-state index contributed by atoms with van der Waals surface area (Å²) in [5, 5.41) is 5.62. The van der Waals surface area contributed by atoms with Gasteiger partial charge in [-0.3, -0.25) is 9.59 Å². The Morgan fingerprint density at radius 1 is 1.09 bits per heavy atom. The first-order valence-corrected chi connectivity index (χ1v) is 7.69. The van der Waals surface area contributed by atoms with Gasteiger partial charge in [0.25, 0.3) is 5.91 Å². The Labute approximate surface area is 138 Å². The van der Waals surface area contributed by atoms with Gasteiger partial charge in [-0.25, -0.2) is 0 Å². The fourth-order valence-electron chi connectivity index (χ4n) is 2.05. The van der Waals surface area contributed by atoms with Gasteiger partial charge in [0.15, 0.2) is 0 Å². The molecule has 22 heavy (non-hydrogen) atoms. The molecule has 0 heterocycles. The Morgan fingerprint density at radius 3 is 2.36 bits per heavy atom. The van der Waals surface area contributed by atoms with Crippen molar-refractivity contribution in [3.05, 3.63) is 64.1 Å². The number of anilines is 1. The van der Waals surface area contributed by atoms with Gasteiger partial charge in [-0.15, -0.1) is 0 Å². The van der Waals surface area contributed by atoms with Crippen molar-refractivity contribution in [1.29, 1.82) is 0 Å². The van der Waals surface area contributed by atoms with Gasteiger partial charge in [0.05, 0.1) is 6.04 Å². The molecule has 0 fully saturated rings. The fraction of sp³-hybridized carbons (Fsp3) is 0.176. The Hall–Kier alpha value is -2.14. The van der Waals surface area contributed by atoms with Gasteiger partial charge in [-0.2, -0.15) is 0 Å². The molecule has 0 bridgehead atoms. The summed E-state index contributed by atoms with van der Waals surface area (Å²) in [6.07, 6.45) is 0. The van der Waals surface area contributed by atoms with Gasteiger partial charge in [0.1, 0.15) is 0 Å². The quantitative estimate of drug-likeness (QED) is 0.868. The molecule has 0 aliphatic carbocycles. The average Bonchev–Trinajstić information content (AvgIpc) is 2.47.